The molecule has 0 bridgehead atoms. The van der Waals surface area contributed by atoms with Crippen LogP contribution in [0.4, 0.5) is 17.6 Å². The van der Waals surface area contributed by atoms with E-state index < -0.39 is 19.4 Å². The summed E-state index contributed by atoms with van der Waals surface area (Å²) in [4.78, 5) is 0. The van der Waals surface area contributed by atoms with E-state index in [1.807, 2.05) is 0 Å². The normalized spacial score (nSPS) is 11.4. The summed E-state index contributed by atoms with van der Waals surface area (Å²) < 4.78 is 50.6. The molecule has 0 unspecified atom stereocenters. The van der Waals surface area contributed by atoms with Crippen molar-refractivity contribution >= 4 is 10.9 Å². The highest BCUT2D eigenvalue weighted by atomic mass is 19.3. The van der Waals surface area contributed by atoms with Crippen LogP contribution in [0.15, 0.2) is 24.4 Å². The van der Waals surface area contributed by atoms with Gasteiger partial charge in [0.25, 0.3) is 0 Å². The summed E-state index contributed by atoms with van der Waals surface area (Å²) in [5.41, 5.74) is 0.468. The lowest BCUT2D eigenvalue weighted by Gasteiger charge is -2.05. The highest BCUT2D eigenvalue weighted by Gasteiger charge is 2.15. The fourth-order valence-electron chi connectivity index (χ4n) is 1.85. The van der Waals surface area contributed by atoms with Crippen LogP contribution in [0, 0.1) is 11.3 Å². The summed E-state index contributed by atoms with van der Waals surface area (Å²) in [5, 5.41) is 9.16. The maximum absolute atomic E-state index is 12.7. The second-order valence-electron chi connectivity index (χ2n) is 3.79. The fourth-order valence-corrected chi connectivity index (χ4v) is 1.85. The van der Waals surface area contributed by atoms with Gasteiger partial charge in [0.15, 0.2) is 0 Å². The summed E-state index contributed by atoms with van der Waals surface area (Å²) in [6, 6.07) is 5.92. The molecule has 0 fully saturated rings. The zero-order valence-corrected chi connectivity index (χ0v) is 9.08. The van der Waals surface area contributed by atoms with Crippen molar-refractivity contribution in [3.05, 3.63) is 35.5 Å². The van der Waals surface area contributed by atoms with E-state index in [4.69, 9.17) is 5.26 Å². The summed E-state index contributed by atoms with van der Waals surface area (Å²) >= 11 is 0. The summed E-state index contributed by atoms with van der Waals surface area (Å²) in [6.07, 6.45) is -2.00. The molecule has 2 rings (SSSR count). The van der Waals surface area contributed by atoms with Crippen LogP contribution in [0.25, 0.3) is 10.9 Å². The minimum atomic E-state index is -2.81. The van der Waals surface area contributed by atoms with Crippen LogP contribution in [0.5, 0.6) is 0 Å². The average Bonchev–Trinajstić information content (AvgIpc) is 2.66. The predicted octanol–water partition coefficient (Wildman–Crippen LogP) is 3.72. The molecule has 18 heavy (non-hydrogen) atoms. The second-order valence-corrected chi connectivity index (χ2v) is 3.79. The Hall–Kier alpha value is -2.03. The van der Waals surface area contributed by atoms with Gasteiger partial charge in [0, 0.05) is 18.0 Å². The number of benzene rings is 1. The molecule has 0 radical (unpaired) electrons. The number of nitrogens with zero attached hydrogens (tertiary/aromatic N) is 2. The van der Waals surface area contributed by atoms with Gasteiger partial charge in [-0.2, -0.15) is 14.0 Å². The number of hydrogen-bond acceptors (Lipinski definition) is 1. The quantitative estimate of drug-likeness (QED) is 0.769. The van der Waals surface area contributed by atoms with Crippen LogP contribution >= 0.6 is 0 Å². The molecule has 1 aromatic carbocycles. The Kier molecular flexibility index (Phi) is 3.24. The molecule has 1 aromatic heterocycles. The number of aromatic nitrogens is 1. The van der Waals surface area contributed by atoms with Crippen LogP contribution in [0.3, 0.4) is 0 Å². The minimum Gasteiger partial charge on any atom is -0.290 e. The molecule has 0 amide bonds. The fraction of sp³-hybridized carbons (Fsp3) is 0.250. The van der Waals surface area contributed by atoms with Crippen LogP contribution in [-0.4, -0.2) is 11.0 Å². The lowest BCUT2D eigenvalue weighted by molar-refractivity contribution is 0.0752. The topological polar surface area (TPSA) is 28.7 Å². The summed E-state index contributed by atoms with van der Waals surface area (Å²) in [5.74, 6) is 0. The average molecular weight is 256 g/mol. The molecule has 0 saturated heterocycles. The zero-order valence-electron chi connectivity index (χ0n) is 9.08. The highest BCUT2D eigenvalue weighted by molar-refractivity contribution is 5.87. The predicted molar refractivity (Wildman–Crippen MR) is 57.6 cm³/mol. The number of hydrogen-bond donors (Lipinski definition) is 0. The van der Waals surface area contributed by atoms with Crippen molar-refractivity contribution in [2.24, 2.45) is 0 Å². The first-order valence-corrected chi connectivity index (χ1v) is 5.12. The van der Waals surface area contributed by atoms with Gasteiger partial charge in [0.1, 0.15) is 6.07 Å². The third kappa shape index (κ3) is 2.16. The molecular formula is C12H8F4N2. The smallest absolute Gasteiger partial charge is 0.290 e. The van der Waals surface area contributed by atoms with Crippen LogP contribution in [0.1, 0.15) is 17.7 Å². The van der Waals surface area contributed by atoms with E-state index in [9.17, 15) is 17.6 Å². The Bertz CT molecular complexity index is 610. The van der Waals surface area contributed by atoms with E-state index in [1.165, 1.54) is 18.2 Å². The standard InChI is InChI=1S/C12H8F4N2/c13-11(14)4-7-1-2-9-8(5-17)6-18(12(15)16)10(9)3-7/h1-3,6,11-12H,4H2. The number of nitriles is 1. The zero-order chi connectivity index (χ0) is 13.3. The van der Waals surface area contributed by atoms with Crippen molar-refractivity contribution in [1.29, 1.82) is 5.26 Å². The lowest BCUT2D eigenvalue weighted by Crippen LogP contribution is -1.99. The van der Waals surface area contributed by atoms with Crippen molar-refractivity contribution in [1.82, 2.24) is 4.57 Å². The third-order valence-corrected chi connectivity index (χ3v) is 2.62. The van der Waals surface area contributed by atoms with Crippen molar-refractivity contribution in [2.75, 3.05) is 0 Å². The Balaban J connectivity index is 2.60. The molecule has 0 aliphatic rings. The van der Waals surface area contributed by atoms with E-state index in [1.54, 1.807) is 6.07 Å². The molecule has 2 aromatic rings. The van der Waals surface area contributed by atoms with Crippen molar-refractivity contribution in [3.8, 4) is 6.07 Å². The first-order chi connectivity index (χ1) is 8.52. The van der Waals surface area contributed by atoms with Crippen LogP contribution in [-0.2, 0) is 6.42 Å². The molecule has 0 aliphatic carbocycles. The molecule has 0 saturated carbocycles. The third-order valence-electron chi connectivity index (χ3n) is 2.62. The van der Waals surface area contributed by atoms with Crippen molar-refractivity contribution < 1.29 is 17.6 Å². The molecule has 0 N–H and O–H groups in total. The van der Waals surface area contributed by atoms with Gasteiger partial charge in [-0.3, -0.25) is 4.57 Å². The first kappa shape index (κ1) is 12.4. The lowest BCUT2D eigenvalue weighted by atomic mass is 10.1. The molecule has 0 aliphatic heterocycles. The van der Waals surface area contributed by atoms with Gasteiger partial charge in [0.2, 0.25) is 6.43 Å². The molecule has 0 spiro atoms. The number of alkyl halides is 4. The van der Waals surface area contributed by atoms with E-state index in [0.717, 1.165) is 6.20 Å². The second kappa shape index (κ2) is 4.69. The summed E-state index contributed by atoms with van der Waals surface area (Å²) in [6.45, 7) is -2.81. The Morgan fingerprint density at radius 1 is 1.22 bits per heavy atom. The molecule has 6 heteroatoms. The molecule has 94 valence electrons. The van der Waals surface area contributed by atoms with E-state index >= 15 is 0 Å². The van der Waals surface area contributed by atoms with Gasteiger partial charge < -0.3 is 0 Å². The Morgan fingerprint density at radius 3 is 2.50 bits per heavy atom. The molecule has 2 nitrogen and oxygen atoms in total. The molecule has 1 heterocycles. The van der Waals surface area contributed by atoms with E-state index in [2.05, 4.69) is 0 Å². The molecular weight excluding hydrogens is 248 g/mol. The summed E-state index contributed by atoms with van der Waals surface area (Å²) in [7, 11) is 0. The molecule has 0 atom stereocenters. The number of halogens is 4. The van der Waals surface area contributed by atoms with Crippen molar-refractivity contribution in [3.63, 3.8) is 0 Å². The van der Waals surface area contributed by atoms with Gasteiger partial charge in [-0.1, -0.05) is 12.1 Å². The Morgan fingerprint density at radius 2 is 1.94 bits per heavy atom. The van der Waals surface area contributed by atoms with E-state index in [0.29, 0.717) is 9.95 Å². The van der Waals surface area contributed by atoms with Crippen molar-refractivity contribution in [2.45, 2.75) is 19.4 Å². The largest absolute Gasteiger partial charge is 0.319 e. The highest BCUT2D eigenvalue weighted by Crippen LogP contribution is 2.27. The Labute approximate surface area is 100 Å². The van der Waals surface area contributed by atoms with Gasteiger partial charge in [-0.05, 0) is 11.6 Å². The minimum absolute atomic E-state index is 0.0969. The van der Waals surface area contributed by atoms with Gasteiger partial charge in [0.05, 0.1) is 11.1 Å². The SMILES string of the molecule is N#Cc1cn(C(F)F)c2cc(CC(F)F)ccc12. The van der Waals surface area contributed by atoms with Gasteiger partial charge in [-0.25, -0.2) is 8.78 Å². The van der Waals surface area contributed by atoms with Gasteiger partial charge >= 0.3 is 6.55 Å². The number of rotatable bonds is 3. The van der Waals surface area contributed by atoms with Gasteiger partial charge in [-0.15, -0.1) is 0 Å². The van der Waals surface area contributed by atoms with Crippen LogP contribution in [0.2, 0.25) is 0 Å². The van der Waals surface area contributed by atoms with Crippen LogP contribution < -0.4 is 0 Å². The maximum Gasteiger partial charge on any atom is 0.319 e. The first-order valence-electron chi connectivity index (χ1n) is 5.12. The number of fused-ring (bicyclic) bond motifs is 1. The van der Waals surface area contributed by atoms with E-state index in [-0.39, 0.29) is 16.6 Å². The monoisotopic (exact) mass is 256 g/mol. The maximum atomic E-state index is 12.7.